The summed E-state index contributed by atoms with van der Waals surface area (Å²) in [5, 5.41) is 9.20. The SMILES string of the molecule is C[C@@H](O)CN(C)C(=O)c1cnc(N(C)C)cn1. The van der Waals surface area contributed by atoms with Gasteiger partial charge in [0.15, 0.2) is 0 Å². The zero-order valence-electron chi connectivity index (χ0n) is 10.6. The normalized spacial score (nSPS) is 12.1. The van der Waals surface area contributed by atoms with Crippen LogP contribution in [0.5, 0.6) is 0 Å². The molecule has 0 fully saturated rings. The quantitative estimate of drug-likeness (QED) is 0.799. The Morgan fingerprint density at radius 2 is 2.00 bits per heavy atom. The molecule has 0 unspecified atom stereocenters. The first kappa shape index (κ1) is 13.4. The molecule has 1 atom stereocenters. The van der Waals surface area contributed by atoms with Gasteiger partial charge in [-0.2, -0.15) is 0 Å². The lowest BCUT2D eigenvalue weighted by Crippen LogP contribution is -2.33. The van der Waals surface area contributed by atoms with Crippen molar-refractivity contribution in [3.05, 3.63) is 18.1 Å². The fourth-order valence-electron chi connectivity index (χ4n) is 1.34. The molecule has 6 nitrogen and oxygen atoms in total. The molecule has 17 heavy (non-hydrogen) atoms. The van der Waals surface area contributed by atoms with Gasteiger partial charge in [-0.15, -0.1) is 0 Å². The van der Waals surface area contributed by atoms with Gasteiger partial charge in [-0.1, -0.05) is 0 Å². The molecule has 1 amide bonds. The fourth-order valence-corrected chi connectivity index (χ4v) is 1.34. The van der Waals surface area contributed by atoms with Crippen molar-refractivity contribution in [2.45, 2.75) is 13.0 Å². The zero-order chi connectivity index (χ0) is 13.0. The van der Waals surface area contributed by atoms with Crippen LogP contribution in [0.1, 0.15) is 17.4 Å². The van der Waals surface area contributed by atoms with Crippen LogP contribution in [0.4, 0.5) is 5.82 Å². The number of aliphatic hydroxyl groups is 1. The minimum absolute atomic E-state index is 0.247. The Labute approximate surface area is 101 Å². The fraction of sp³-hybridized carbons (Fsp3) is 0.545. The van der Waals surface area contributed by atoms with Crippen molar-refractivity contribution in [2.75, 3.05) is 32.6 Å². The van der Waals surface area contributed by atoms with E-state index in [2.05, 4.69) is 9.97 Å². The Kier molecular flexibility index (Phi) is 4.39. The summed E-state index contributed by atoms with van der Waals surface area (Å²) >= 11 is 0. The topological polar surface area (TPSA) is 69.6 Å². The summed E-state index contributed by atoms with van der Waals surface area (Å²) in [5.74, 6) is 0.448. The number of aromatic nitrogens is 2. The first-order chi connectivity index (χ1) is 7.91. The highest BCUT2D eigenvalue weighted by Gasteiger charge is 2.15. The highest BCUT2D eigenvalue weighted by molar-refractivity contribution is 5.91. The molecular formula is C11H18N4O2. The van der Waals surface area contributed by atoms with Crippen molar-refractivity contribution in [3.63, 3.8) is 0 Å². The molecule has 1 aromatic heterocycles. The van der Waals surface area contributed by atoms with Crippen LogP contribution >= 0.6 is 0 Å². The van der Waals surface area contributed by atoms with Crippen molar-refractivity contribution in [1.82, 2.24) is 14.9 Å². The summed E-state index contributed by atoms with van der Waals surface area (Å²) in [5.41, 5.74) is 0.277. The van der Waals surface area contributed by atoms with Crippen molar-refractivity contribution in [2.24, 2.45) is 0 Å². The van der Waals surface area contributed by atoms with Crippen molar-refractivity contribution < 1.29 is 9.90 Å². The molecule has 0 aliphatic carbocycles. The lowest BCUT2D eigenvalue weighted by molar-refractivity contribution is 0.0697. The maximum absolute atomic E-state index is 11.9. The smallest absolute Gasteiger partial charge is 0.273 e. The minimum Gasteiger partial charge on any atom is -0.392 e. The van der Waals surface area contributed by atoms with Crippen LogP contribution in [0.25, 0.3) is 0 Å². The summed E-state index contributed by atoms with van der Waals surface area (Å²) in [6, 6.07) is 0. The Hall–Kier alpha value is -1.69. The van der Waals surface area contributed by atoms with Gasteiger partial charge in [-0.05, 0) is 6.92 Å². The number of rotatable bonds is 4. The van der Waals surface area contributed by atoms with E-state index >= 15 is 0 Å². The number of anilines is 1. The molecule has 0 aliphatic heterocycles. The third kappa shape index (κ3) is 3.67. The van der Waals surface area contributed by atoms with Crippen LogP contribution in [-0.4, -0.2) is 59.7 Å². The summed E-state index contributed by atoms with van der Waals surface area (Å²) in [4.78, 5) is 23.3. The van der Waals surface area contributed by atoms with Crippen LogP contribution in [0, 0.1) is 0 Å². The van der Waals surface area contributed by atoms with Gasteiger partial charge in [0.1, 0.15) is 11.5 Å². The highest BCUT2D eigenvalue weighted by atomic mass is 16.3. The van der Waals surface area contributed by atoms with Gasteiger partial charge in [-0.25, -0.2) is 9.97 Å². The van der Waals surface area contributed by atoms with E-state index in [0.717, 1.165) is 0 Å². The zero-order valence-corrected chi connectivity index (χ0v) is 10.6. The Morgan fingerprint density at radius 1 is 1.35 bits per heavy atom. The van der Waals surface area contributed by atoms with Crippen LogP contribution in [-0.2, 0) is 0 Å². The number of amides is 1. The summed E-state index contributed by atoms with van der Waals surface area (Å²) in [7, 11) is 5.33. The second-order valence-corrected chi connectivity index (χ2v) is 4.19. The van der Waals surface area contributed by atoms with Gasteiger partial charge in [-0.3, -0.25) is 4.79 Å². The Bertz CT molecular complexity index is 376. The molecule has 1 rings (SSSR count). The van der Waals surface area contributed by atoms with Crippen LogP contribution < -0.4 is 4.90 Å². The molecule has 0 spiro atoms. The molecule has 0 radical (unpaired) electrons. The molecule has 0 aliphatic rings. The Balaban J connectivity index is 2.76. The van der Waals surface area contributed by atoms with Gasteiger partial charge in [0, 0.05) is 27.7 Å². The predicted octanol–water partition coefficient (Wildman–Crippen LogP) is -0.00460. The lowest BCUT2D eigenvalue weighted by atomic mass is 10.3. The van der Waals surface area contributed by atoms with E-state index < -0.39 is 6.10 Å². The number of aliphatic hydroxyl groups excluding tert-OH is 1. The minimum atomic E-state index is -0.557. The van der Waals surface area contributed by atoms with Crippen molar-refractivity contribution >= 4 is 11.7 Å². The van der Waals surface area contributed by atoms with Gasteiger partial charge >= 0.3 is 0 Å². The number of hydrogen-bond donors (Lipinski definition) is 1. The standard InChI is InChI=1S/C11H18N4O2/c1-8(16)7-15(4)11(17)9-5-13-10(6-12-9)14(2)3/h5-6,8,16H,7H2,1-4H3/t8-/m1/s1. The summed E-state index contributed by atoms with van der Waals surface area (Å²) < 4.78 is 0. The highest BCUT2D eigenvalue weighted by Crippen LogP contribution is 2.06. The second kappa shape index (κ2) is 5.58. The number of carbonyl (C=O) groups excluding carboxylic acids is 1. The van der Waals surface area contributed by atoms with E-state index in [1.807, 2.05) is 14.1 Å². The number of likely N-dealkylation sites (N-methyl/N-ethyl adjacent to an activating group) is 1. The molecule has 0 saturated carbocycles. The molecular weight excluding hydrogens is 220 g/mol. The first-order valence-corrected chi connectivity index (χ1v) is 5.34. The lowest BCUT2D eigenvalue weighted by Gasteiger charge is -2.18. The number of hydrogen-bond acceptors (Lipinski definition) is 5. The Morgan fingerprint density at radius 3 is 2.41 bits per heavy atom. The molecule has 1 N–H and O–H groups in total. The number of carbonyl (C=O) groups is 1. The number of nitrogens with zero attached hydrogens (tertiary/aromatic N) is 4. The third-order valence-corrected chi connectivity index (χ3v) is 2.20. The van der Waals surface area contributed by atoms with Crippen LogP contribution in [0.3, 0.4) is 0 Å². The predicted molar refractivity (Wildman–Crippen MR) is 65.0 cm³/mol. The molecule has 0 aromatic carbocycles. The molecule has 1 heterocycles. The molecule has 1 aromatic rings. The third-order valence-electron chi connectivity index (χ3n) is 2.20. The van der Waals surface area contributed by atoms with E-state index in [1.54, 1.807) is 25.1 Å². The van der Waals surface area contributed by atoms with Gasteiger partial charge in [0.25, 0.3) is 5.91 Å². The molecule has 0 saturated heterocycles. The summed E-state index contributed by atoms with van der Waals surface area (Å²) in [6.07, 6.45) is 2.43. The van der Waals surface area contributed by atoms with Gasteiger partial charge in [0.2, 0.25) is 0 Å². The van der Waals surface area contributed by atoms with E-state index in [9.17, 15) is 9.90 Å². The molecule has 0 bridgehead atoms. The molecule has 6 heteroatoms. The summed E-state index contributed by atoms with van der Waals surface area (Å²) in [6.45, 7) is 1.90. The average molecular weight is 238 g/mol. The van der Waals surface area contributed by atoms with Gasteiger partial charge in [0.05, 0.1) is 18.5 Å². The van der Waals surface area contributed by atoms with Gasteiger partial charge < -0.3 is 14.9 Å². The maximum Gasteiger partial charge on any atom is 0.273 e. The van der Waals surface area contributed by atoms with E-state index in [0.29, 0.717) is 5.82 Å². The van der Waals surface area contributed by atoms with Crippen molar-refractivity contribution in [3.8, 4) is 0 Å². The van der Waals surface area contributed by atoms with E-state index in [1.165, 1.54) is 11.1 Å². The largest absolute Gasteiger partial charge is 0.392 e. The van der Waals surface area contributed by atoms with Crippen molar-refractivity contribution in [1.29, 1.82) is 0 Å². The maximum atomic E-state index is 11.9. The molecule has 94 valence electrons. The van der Waals surface area contributed by atoms with Crippen LogP contribution in [0.15, 0.2) is 12.4 Å². The van der Waals surface area contributed by atoms with E-state index in [4.69, 9.17) is 0 Å². The van der Waals surface area contributed by atoms with E-state index in [-0.39, 0.29) is 18.1 Å². The monoisotopic (exact) mass is 238 g/mol. The second-order valence-electron chi connectivity index (χ2n) is 4.19. The first-order valence-electron chi connectivity index (χ1n) is 5.34. The average Bonchev–Trinajstić information content (AvgIpc) is 2.27. The van der Waals surface area contributed by atoms with Crippen LogP contribution in [0.2, 0.25) is 0 Å².